The van der Waals surface area contributed by atoms with Crippen LogP contribution in [0.2, 0.25) is 0 Å². The van der Waals surface area contributed by atoms with E-state index in [2.05, 4.69) is 0 Å². The van der Waals surface area contributed by atoms with Crippen molar-refractivity contribution >= 4 is 11.9 Å². The van der Waals surface area contributed by atoms with Crippen molar-refractivity contribution in [1.82, 2.24) is 0 Å². The smallest absolute Gasteiger partial charge is 0.336 e. The van der Waals surface area contributed by atoms with Crippen molar-refractivity contribution in [2.24, 2.45) is 0 Å². The van der Waals surface area contributed by atoms with Crippen LogP contribution in [0.4, 0.5) is 0 Å². The summed E-state index contributed by atoms with van der Waals surface area (Å²) in [7, 11) is 1.13. The summed E-state index contributed by atoms with van der Waals surface area (Å²) in [6, 6.07) is 0. The van der Waals surface area contributed by atoms with Crippen molar-refractivity contribution in [2.75, 3.05) is 33.5 Å². The van der Waals surface area contributed by atoms with Crippen LogP contribution in [0.15, 0.2) is 58.9 Å². The largest absolute Gasteiger partial charge is 0.497 e. The van der Waals surface area contributed by atoms with Gasteiger partial charge >= 0.3 is 11.9 Å². The molecule has 8 N–H and O–H groups in total. The summed E-state index contributed by atoms with van der Waals surface area (Å²) in [5.41, 5.74) is 0.944. The Morgan fingerprint density at radius 3 is 2.23 bits per heavy atom. The molecule has 0 spiro atoms. The normalized spacial score (nSPS) is 36.8. The Kier molecular flexibility index (Phi) is 13.4. The Labute approximate surface area is 275 Å². The molecule has 0 amide bonds. The van der Waals surface area contributed by atoms with Gasteiger partial charge in [-0.05, 0) is 41.9 Å². The van der Waals surface area contributed by atoms with Crippen molar-refractivity contribution in [1.29, 1.82) is 0 Å². The highest BCUT2D eigenvalue weighted by atomic mass is 16.7. The number of hydrogen-bond donors (Lipinski definition) is 8. The SMILES string of the molecule is C/C=C1\C=C([C@@H](COC(=O)CC2=CCOC=C2)O[C@@H]2O[C@H](CO[C@@H]3O[C@H](CO)[C@@H](O)[C@H](O)[C@H]3O)[C@@H](O)[C@H](O)[C@H]2O)C=C(C(=O)OC)[C@H]1O. The predicted octanol–water partition coefficient (Wildman–Crippen LogP) is -3.25. The molecule has 0 aromatic carbocycles. The van der Waals surface area contributed by atoms with E-state index in [4.69, 9.17) is 33.2 Å². The Hall–Kier alpha value is -3.04. The zero-order chi connectivity index (χ0) is 35.1. The first-order chi connectivity index (χ1) is 22.9. The first-order valence-corrected chi connectivity index (χ1v) is 15.2. The minimum Gasteiger partial charge on any atom is -0.497 e. The minimum absolute atomic E-state index is 0.113. The Morgan fingerprint density at radius 1 is 0.938 bits per heavy atom. The van der Waals surface area contributed by atoms with Crippen LogP contribution in [0.25, 0.3) is 0 Å². The molecule has 0 aromatic rings. The van der Waals surface area contributed by atoms with Gasteiger partial charge in [0.05, 0.1) is 38.6 Å². The van der Waals surface area contributed by atoms with E-state index >= 15 is 0 Å². The minimum atomic E-state index is -1.86. The molecule has 2 fully saturated rings. The molecule has 48 heavy (non-hydrogen) atoms. The van der Waals surface area contributed by atoms with Crippen LogP contribution < -0.4 is 0 Å². The van der Waals surface area contributed by atoms with Gasteiger partial charge in [0.15, 0.2) is 12.6 Å². The molecule has 2 saturated heterocycles. The summed E-state index contributed by atoms with van der Waals surface area (Å²) in [6.07, 6.45) is -10.4. The molecule has 17 nitrogen and oxygen atoms in total. The number of carbonyl (C=O) groups excluding carboxylic acids is 2. The molecule has 12 atom stereocenters. The number of esters is 2. The van der Waals surface area contributed by atoms with E-state index in [-0.39, 0.29) is 29.7 Å². The molecule has 0 saturated carbocycles. The molecule has 0 bridgehead atoms. The number of hydrogen-bond acceptors (Lipinski definition) is 17. The summed E-state index contributed by atoms with van der Waals surface area (Å²) in [5.74, 6) is -1.51. The molecule has 3 aliphatic heterocycles. The number of allylic oxidation sites excluding steroid dienone is 2. The summed E-state index contributed by atoms with van der Waals surface area (Å²) >= 11 is 0. The molecule has 17 heteroatoms. The average molecular weight is 687 g/mol. The van der Waals surface area contributed by atoms with E-state index < -0.39 is 105 Å². The molecule has 4 aliphatic rings. The first-order valence-electron chi connectivity index (χ1n) is 15.2. The summed E-state index contributed by atoms with van der Waals surface area (Å²) in [5, 5.41) is 82.6. The Balaban J connectivity index is 1.54. The molecular weight excluding hydrogens is 644 g/mol. The topological polar surface area (TPSA) is 261 Å². The van der Waals surface area contributed by atoms with Gasteiger partial charge in [-0.15, -0.1) is 0 Å². The van der Waals surface area contributed by atoms with Gasteiger partial charge in [0.1, 0.15) is 74.3 Å². The molecule has 268 valence electrons. The number of carbonyl (C=O) groups is 2. The van der Waals surface area contributed by atoms with Crippen LogP contribution in [0.5, 0.6) is 0 Å². The van der Waals surface area contributed by atoms with Crippen LogP contribution in [0, 0.1) is 0 Å². The van der Waals surface area contributed by atoms with Gasteiger partial charge in [-0.2, -0.15) is 0 Å². The first kappa shape index (κ1) is 37.8. The monoisotopic (exact) mass is 686 g/mol. The maximum Gasteiger partial charge on any atom is 0.336 e. The zero-order valence-corrected chi connectivity index (χ0v) is 26.2. The number of rotatable bonds is 12. The second-order valence-corrected chi connectivity index (χ2v) is 11.4. The van der Waals surface area contributed by atoms with Gasteiger partial charge < -0.3 is 74.0 Å². The van der Waals surface area contributed by atoms with E-state index in [0.717, 1.165) is 7.11 Å². The second kappa shape index (κ2) is 17.1. The molecule has 0 radical (unpaired) electrons. The van der Waals surface area contributed by atoms with E-state index in [1.165, 1.54) is 24.5 Å². The van der Waals surface area contributed by atoms with Crippen molar-refractivity contribution in [3.63, 3.8) is 0 Å². The van der Waals surface area contributed by atoms with Crippen LogP contribution in [-0.4, -0.2) is 160 Å². The van der Waals surface area contributed by atoms with Crippen molar-refractivity contribution < 1.29 is 83.6 Å². The van der Waals surface area contributed by atoms with Crippen molar-refractivity contribution in [3.8, 4) is 0 Å². The molecular formula is C31H42O17. The molecule has 0 aromatic heterocycles. The fourth-order valence-corrected chi connectivity index (χ4v) is 5.34. The quantitative estimate of drug-likeness (QED) is 0.0937. The Bertz CT molecular complexity index is 1290. The highest BCUT2D eigenvalue weighted by Gasteiger charge is 2.48. The third-order valence-electron chi connectivity index (χ3n) is 8.20. The number of aliphatic hydroxyl groups is 8. The lowest BCUT2D eigenvalue weighted by Gasteiger charge is -2.43. The van der Waals surface area contributed by atoms with Crippen molar-refractivity contribution in [3.05, 3.63) is 58.9 Å². The zero-order valence-electron chi connectivity index (χ0n) is 26.2. The van der Waals surface area contributed by atoms with Crippen LogP contribution in [-0.2, 0) is 42.7 Å². The second-order valence-electron chi connectivity index (χ2n) is 11.4. The van der Waals surface area contributed by atoms with E-state index in [0.29, 0.717) is 5.57 Å². The summed E-state index contributed by atoms with van der Waals surface area (Å²) in [4.78, 5) is 25.2. The van der Waals surface area contributed by atoms with Gasteiger partial charge in [-0.1, -0.05) is 12.2 Å². The number of aliphatic hydroxyl groups excluding tert-OH is 8. The number of ether oxygens (including phenoxy) is 7. The van der Waals surface area contributed by atoms with Gasteiger partial charge in [-0.25, -0.2) is 4.79 Å². The average Bonchev–Trinajstić information content (AvgIpc) is 3.09. The molecule has 4 rings (SSSR count). The third kappa shape index (κ3) is 8.75. The van der Waals surface area contributed by atoms with E-state index in [1.807, 2.05) is 0 Å². The van der Waals surface area contributed by atoms with Crippen LogP contribution in [0.1, 0.15) is 13.3 Å². The highest BCUT2D eigenvalue weighted by molar-refractivity contribution is 5.91. The highest BCUT2D eigenvalue weighted by Crippen LogP contribution is 2.31. The maximum absolute atomic E-state index is 12.7. The lowest BCUT2D eigenvalue weighted by molar-refractivity contribution is -0.335. The van der Waals surface area contributed by atoms with Crippen molar-refractivity contribution in [2.45, 2.75) is 87.0 Å². The standard InChI is InChI=1S/C31H42O17/c1-3-15-9-16(10-17(22(15)34)29(41)42-2)19(12-44-21(33)8-14-4-6-43-7-5-14)47-31-28(40)26(38)24(36)20(48-31)13-45-30-27(39)25(37)23(35)18(11-32)46-30/h3-6,9-10,18-20,22-28,30-32,34-40H,7-8,11-13H2,1-2H3/b15-3+/t18-,19-,20-,22+,23-,24-,25+,26+,27-,28-,30-,31-/m1/s1. The summed E-state index contributed by atoms with van der Waals surface area (Å²) in [6.45, 7) is 0.0805. The fourth-order valence-electron chi connectivity index (χ4n) is 5.34. The lowest BCUT2D eigenvalue weighted by atomic mass is 9.89. The van der Waals surface area contributed by atoms with E-state index in [9.17, 15) is 50.4 Å². The molecule has 3 heterocycles. The van der Waals surface area contributed by atoms with E-state index in [1.54, 1.807) is 19.1 Å². The van der Waals surface area contributed by atoms with Gasteiger partial charge in [0.2, 0.25) is 0 Å². The predicted molar refractivity (Wildman–Crippen MR) is 158 cm³/mol. The van der Waals surface area contributed by atoms with Crippen LogP contribution >= 0.6 is 0 Å². The van der Waals surface area contributed by atoms with Gasteiger partial charge in [0.25, 0.3) is 0 Å². The fraction of sp³-hybridized carbons (Fsp3) is 0.613. The number of methoxy groups -OCH3 is 1. The molecule has 0 unspecified atom stereocenters. The Morgan fingerprint density at radius 2 is 1.60 bits per heavy atom. The third-order valence-corrected chi connectivity index (χ3v) is 8.20. The summed E-state index contributed by atoms with van der Waals surface area (Å²) < 4.78 is 37.9. The van der Waals surface area contributed by atoms with Gasteiger partial charge in [0, 0.05) is 0 Å². The lowest BCUT2D eigenvalue weighted by Crippen LogP contribution is -2.62. The van der Waals surface area contributed by atoms with Gasteiger partial charge in [-0.3, -0.25) is 4.79 Å². The van der Waals surface area contributed by atoms with Crippen LogP contribution in [0.3, 0.4) is 0 Å². The molecule has 1 aliphatic carbocycles. The maximum atomic E-state index is 12.7.